The zero-order valence-electron chi connectivity index (χ0n) is 25.2. The van der Waals surface area contributed by atoms with Crippen molar-refractivity contribution in [3.05, 3.63) is 52.7 Å². The Labute approximate surface area is 254 Å². The van der Waals surface area contributed by atoms with Crippen molar-refractivity contribution in [2.75, 3.05) is 19.5 Å². The zero-order valence-corrected chi connectivity index (χ0v) is 26.1. The molecule has 1 saturated heterocycles. The highest BCUT2D eigenvalue weighted by Crippen LogP contribution is 2.51. The molecule has 17 heteroatoms. The van der Waals surface area contributed by atoms with E-state index in [1.807, 2.05) is 37.3 Å². The number of rotatable bonds is 15. The number of unbranched alkanes of at least 4 members (excludes halogenated alkanes) is 1. The quantitative estimate of drug-likeness (QED) is 0.0920. The summed E-state index contributed by atoms with van der Waals surface area (Å²) in [6.45, 7) is 6.31. The maximum atomic E-state index is 14.1. The van der Waals surface area contributed by atoms with Gasteiger partial charge < -0.3 is 20.3 Å². The molecule has 4 rings (SSSR count). The van der Waals surface area contributed by atoms with Crippen LogP contribution in [0.15, 0.2) is 41.8 Å². The van der Waals surface area contributed by atoms with E-state index in [-0.39, 0.29) is 28.8 Å². The van der Waals surface area contributed by atoms with Gasteiger partial charge in [0.05, 0.1) is 38.3 Å². The van der Waals surface area contributed by atoms with Crippen molar-refractivity contribution in [3.8, 4) is 5.88 Å². The summed E-state index contributed by atoms with van der Waals surface area (Å²) in [7, 11) is -2.79. The first-order valence-electron chi connectivity index (χ1n) is 14.2. The molecule has 1 aliphatic heterocycles. The molecule has 4 N–H and O–H groups in total. The number of imidazole rings is 1. The fourth-order valence-corrected chi connectivity index (χ4v) is 6.64. The Hall–Kier alpha value is -3.62. The van der Waals surface area contributed by atoms with Gasteiger partial charge in [-0.2, -0.15) is 9.97 Å². The number of benzene rings is 1. The number of nitrogens with zero attached hydrogens (tertiary/aromatic N) is 7. The molecule has 0 amide bonds. The number of anilines is 1. The summed E-state index contributed by atoms with van der Waals surface area (Å²) in [5, 5.41) is 18.0. The zero-order chi connectivity index (χ0) is 32.1. The maximum Gasteiger partial charge on any atom is 0.406 e. The molecule has 0 spiro atoms. The van der Waals surface area contributed by atoms with Gasteiger partial charge in [0.2, 0.25) is 11.8 Å². The molecule has 1 aromatic carbocycles. The van der Waals surface area contributed by atoms with Gasteiger partial charge in [0.25, 0.3) is 0 Å². The smallest absolute Gasteiger partial charge is 0.406 e. The van der Waals surface area contributed by atoms with Crippen molar-refractivity contribution < 1.29 is 33.0 Å². The molecule has 44 heavy (non-hydrogen) atoms. The van der Waals surface area contributed by atoms with Crippen molar-refractivity contribution in [1.29, 1.82) is 0 Å². The third kappa shape index (κ3) is 7.02. The molecule has 3 heterocycles. The van der Waals surface area contributed by atoms with Crippen LogP contribution in [0.25, 0.3) is 21.6 Å². The number of hydrogen-bond donors (Lipinski definition) is 3. The minimum absolute atomic E-state index is 0.0979. The molecule has 238 valence electrons. The van der Waals surface area contributed by atoms with Crippen LogP contribution in [0, 0.1) is 0 Å². The minimum Gasteiger partial charge on any atom is -0.479 e. The Bertz CT molecular complexity index is 1550. The number of fused-ring (bicyclic) bond motifs is 1. The van der Waals surface area contributed by atoms with Gasteiger partial charge in [0.1, 0.15) is 17.4 Å². The van der Waals surface area contributed by atoms with E-state index in [4.69, 9.17) is 24.3 Å². The predicted molar refractivity (Wildman–Crippen MR) is 160 cm³/mol. The number of nitrogens with one attached hydrogen (secondary N) is 1. The lowest BCUT2D eigenvalue weighted by Crippen LogP contribution is -2.43. The lowest BCUT2D eigenvalue weighted by atomic mass is 9.93. The molecule has 0 radical (unpaired) electrons. The van der Waals surface area contributed by atoms with Crippen molar-refractivity contribution in [2.24, 2.45) is 5.11 Å². The first-order valence-corrected chi connectivity index (χ1v) is 15.7. The SMILES string of the molecule is CCCCC(=O)[C@H](C)NP(=O)(OC[C@H]1O[C@@H](n2cnc3c(OC)nc(N)nc32)[C@](C)(N=[N+]=[N-])[C@@H]1O)O[C@@H](C)c1ccccc1. The average molecular weight is 632 g/mol. The van der Waals surface area contributed by atoms with E-state index >= 15 is 0 Å². The van der Waals surface area contributed by atoms with Crippen LogP contribution in [0.3, 0.4) is 0 Å². The summed E-state index contributed by atoms with van der Waals surface area (Å²) >= 11 is 0. The highest BCUT2D eigenvalue weighted by Gasteiger charge is 2.55. The second kappa shape index (κ2) is 14.0. The number of carbonyl (C=O) groups is 1. The molecule has 7 atom stereocenters. The van der Waals surface area contributed by atoms with Gasteiger partial charge in [0, 0.05) is 11.3 Å². The van der Waals surface area contributed by atoms with Gasteiger partial charge >= 0.3 is 7.75 Å². The van der Waals surface area contributed by atoms with E-state index in [9.17, 15) is 20.0 Å². The highest BCUT2D eigenvalue weighted by atomic mass is 31.2. The topological polar surface area (TPSA) is 222 Å². The van der Waals surface area contributed by atoms with E-state index in [2.05, 4.69) is 30.1 Å². The number of aliphatic hydroxyl groups excluding tert-OH is 1. The van der Waals surface area contributed by atoms with Gasteiger partial charge in [-0.1, -0.05) is 48.8 Å². The largest absolute Gasteiger partial charge is 0.479 e. The molecule has 1 aliphatic rings. The third-order valence-electron chi connectivity index (χ3n) is 7.45. The number of nitrogens with two attached hydrogens (primary N) is 1. The Morgan fingerprint density at radius 2 is 2.07 bits per heavy atom. The Balaban J connectivity index is 1.61. The molecule has 0 saturated carbocycles. The fourth-order valence-electron chi connectivity index (χ4n) is 4.94. The predicted octanol–water partition coefficient (Wildman–Crippen LogP) is 4.38. The summed E-state index contributed by atoms with van der Waals surface area (Å²) in [4.78, 5) is 28.2. The molecule has 0 aliphatic carbocycles. The van der Waals surface area contributed by atoms with Crippen molar-refractivity contribution >= 4 is 30.6 Å². The van der Waals surface area contributed by atoms with Gasteiger partial charge in [-0.15, -0.1) is 0 Å². The Kier molecular flexibility index (Phi) is 10.6. The number of methoxy groups -OCH3 is 1. The number of carbonyl (C=O) groups excluding carboxylic acids is 1. The molecule has 2 aromatic heterocycles. The summed E-state index contributed by atoms with van der Waals surface area (Å²) in [5.74, 6) is -0.128. The molecule has 1 fully saturated rings. The van der Waals surface area contributed by atoms with Crippen molar-refractivity contribution in [3.63, 3.8) is 0 Å². The van der Waals surface area contributed by atoms with Crippen molar-refractivity contribution in [1.82, 2.24) is 24.6 Å². The first-order chi connectivity index (χ1) is 21.0. The number of Topliss-reactive ketones (excluding diaryl/α,β-unsaturated/α-hetero) is 1. The molecule has 0 bridgehead atoms. The fraction of sp³-hybridized carbons (Fsp3) is 0.556. The number of aromatic nitrogens is 4. The summed E-state index contributed by atoms with van der Waals surface area (Å²) in [6, 6.07) is 8.26. The number of nitrogen functional groups attached to an aromatic ring is 1. The van der Waals surface area contributed by atoms with E-state index in [1.165, 1.54) is 24.9 Å². The van der Waals surface area contributed by atoms with Crippen LogP contribution in [0.4, 0.5) is 5.95 Å². The number of aliphatic hydroxyl groups is 1. The maximum absolute atomic E-state index is 14.1. The molecular weight excluding hydrogens is 593 g/mol. The van der Waals surface area contributed by atoms with E-state index < -0.39 is 50.5 Å². The number of ketones is 1. The minimum atomic E-state index is -4.19. The summed E-state index contributed by atoms with van der Waals surface area (Å²) in [6.07, 6.45) is -1.24. The van der Waals surface area contributed by atoms with Crippen LogP contribution in [-0.2, 0) is 23.1 Å². The molecular formula is C27H38N9O7P. The average Bonchev–Trinajstić information content (AvgIpc) is 3.52. The standard InChI is InChI=1S/C27H38N9O7P/c1-6-7-13-19(37)16(2)33-44(39,43-17(3)18-11-9-8-10-12-18)41-14-20-22(38)27(4,34-35-29)25(42-20)36-15-30-21-23(36)31-26(28)32-24(21)40-5/h8-12,15-17,20,22,25,38H,6-7,13-14H2,1-5H3,(H,33,39)(H2,28,31,32)/t16-,17-,20+,22+,25+,27+,44?/m0/s1. The molecule has 1 unspecified atom stereocenters. The first kappa shape index (κ1) is 33.3. The second-order valence-electron chi connectivity index (χ2n) is 10.7. The highest BCUT2D eigenvalue weighted by molar-refractivity contribution is 7.51. The third-order valence-corrected chi connectivity index (χ3v) is 9.24. The lowest BCUT2D eigenvalue weighted by Gasteiger charge is -2.28. The van der Waals surface area contributed by atoms with Gasteiger partial charge in [0.15, 0.2) is 17.4 Å². The van der Waals surface area contributed by atoms with Crippen LogP contribution < -0.4 is 15.6 Å². The van der Waals surface area contributed by atoms with Crippen LogP contribution in [0.1, 0.15) is 64.9 Å². The van der Waals surface area contributed by atoms with E-state index in [1.54, 1.807) is 13.8 Å². The number of ether oxygens (including phenoxy) is 2. The molecule has 3 aromatic rings. The van der Waals surface area contributed by atoms with Crippen LogP contribution in [-0.4, -0.2) is 67.9 Å². The van der Waals surface area contributed by atoms with Crippen molar-refractivity contribution in [2.45, 2.75) is 83.1 Å². The Morgan fingerprint density at radius 1 is 1.34 bits per heavy atom. The van der Waals surface area contributed by atoms with Gasteiger partial charge in [-0.05, 0) is 38.3 Å². The summed E-state index contributed by atoms with van der Waals surface area (Å²) in [5.41, 5.74) is 14.9. The lowest BCUT2D eigenvalue weighted by molar-refractivity contribution is -0.120. The molecule has 16 nitrogen and oxygen atoms in total. The van der Waals surface area contributed by atoms with E-state index in [0.717, 1.165) is 12.0 Å². The second-order valence-corrected chi connectivity index (χ2v) is 12.4. The normalized spacial score (nSPS) is 24.4. The van der Waals surface area contributed by atoms with Gasteiger partial charge in [-0.3, -0.25) is 18.4 Å². The van der Waals surface area contributed by atoms with Crippen LogP contribution in [0.5, 0.6) is 5.88 Å². The Morgan fingerprint density at radius 3 is 2.73 bits per heavy atom. The number of azide groups is 1. The van der Waals surface area contributed by atoms with Gasteiger partial charge in [-0.25, -0.2) is 14.6 Å². The van der Waals surface area contributed by atoms with Crippen LogP contribution >= 0.6 is 7.75 Å². The number of hydrogen-bond acceptors (Lipinski definition) is 12. The summed E-state index contributed by atoms with van der Waals surface area (Å²) < 4.78 is 38.8. The monoisotopic (exact) mass is 631 g/mol. The van der Waals surface area contributed by atoms with Crippen LogP contribution in [0.2, 0.25) is 0 Å². The van der Waals surface area contributed by atoms with E-state index in [0.29, 0.717) is 12.8 Å².